The van der Waals surface area contributed by atoms with Gasteiger partial charge in [0.05, 0.1) is 0 Å². The molecule has 1 aliphatic rings. The molecule has 0 atom stereocenters. The van der Waals surface area contributed by atoms with Crippen molar-refractivity contribution in [3.63, 3.8) is 0 Å². The first-order valence-electron chi connectivity index (χ1n) is 5.75. The summed E-state index contributed by atoms with van der Waals surface area (Å²) in [5.41, 5.74) is -8.13. The molecule has 0 spiro atoms. The summed E-state index contributed by atoms with van der Waals surface area (Å²) in [5.74, 6) is -12.5. The molecule has 1 aliphatic heterocycles. The van der Waals surface area contributed by atoms with Gasteiger partial charge in [-0.15, -0.1) is 0 Å². The normalized spacial score (nSPS) is 18.3. The van der Waals surface area contributed by atoms with Gasteiger partial charge in [-0.2, -0.15) is 0 Å². The van der Waals surface area contributed by atoms with E-state index in [1.165, 1.54) is 0 Å². The minimum absolute atomic E-state index is 0.538. The maximum absolute atomic E-state index is 13.8. The van der Waals surface area contributed by atoms with Crippen LogP contribution in [0, 0.1) is 26.8 Å². The number of rotatable bonds is 1. The third-order valence-electron chi connectivity index (χ3n) is 2.88. The van der Waals surface area contributed by atoms with Crippen LogP contribution in [0.2, 0.25) is 0 Å². The average molecular weight is 500 g/mol. The number of alkyl halides is 6. The Hall–Kier alpha value is -1.32. The van der Waals surface area contributed by atoms with Gasteiger partial charge in [0.2, 0.25) is 0 Å². The van der Waals surface area contributed by atoms with E-state index in [1.807, 2.05) is 0 Å². The number of carbonyl (C=O) groups is 1. The van der Waals surface area contributed by atoms with Crippen LogP contribution < -0.4 is 0 Å². The van der Waals surface area contributed by atoms with Crippen LogP contribution in [0.1, 0.15) is 12.5 Å². The van der Waals surface area contributed by atoms with Gasteiger partial charge >= 0.3 is 139 Å². The number of carbonyl (C=O) groups excluding carboxylic acids is 1. The fraction of sp³-hybridized carbons (Fsp3) is 0.364. The Balaban J connectivity index is 2.98. The topological polar surface area (TPSA) is 35.5 Å². The van der Waals surface area contributed by atoms with Crippen LogP contribution in [0.4, 0.5) is 43.9 Å². The Morgan fingerprint density at radius 1 is 0.920 bits per heavy atom. The summed E-state index contributed by atoms with van der Waals surface area (Å²) in [6.45, 7) is 0.538. The fourth-order valence-corrected chi connectivity index (χ4v) is 6.02. The number of benzene rings is 1. The molecule has 0 aliphatic carbocycles. The van der Waals surface area contributed by atoms with Crippen molar-refractivity contribution in [1.82, 2.24) is 0 Å². The van der Waals surface area contributed by atoms with Crippen molar-refractivity contribution >= 4 is 26.6 Å². The second-order valence-corrected chi connectivity index (χ2v) is 7.68. The molecule has 0 saturated carbocycles. The summed E-state index contributed by atoms with van der Waals surface area (Å²) in [6, 6.07) is 0. The van der Waals surface area contributed by atoms with E-state index in [1.54, 1.807) is 0 Å². The number of hydrogen-bond donors (Lipinski definition) is 0. The van der Waals surface area contributed by atoms with Crippen molar-refractivity contribution in [2.24, 2.45) is 0 Å². The molecule has 0 radical (unpaired) electrons. The first kappa shape index (κ1) is 20.0. The number of fused-ring (bicyclic) bond motifs is 1. The molecule has 0 N–H and O–H groups in total. The van der Waals surface area contributed by atoms with Crippen LogP contribution in [0.15, 0.2) is 0 Å². The minimum atomic E-state index is -6.45. The van der Waals surface area contributed by atoms with Gasteiger partial charge in [-0.25, -0.2) is 0 Å². The van der Waals surface area contributed by atoms with Crippen molar-refractivity contribution in [2.45, 2.75) is 24.9 Å². The number of halogens is 11. The van der Waals surface area contributed by atoms with Crippen molar-refractivity contribution in [1.29, 1.82) is 0 Å². The van der Waals surface area contributed by atoms with E-state index in [9.17, 15) is 48.7 Å². The molecular formula is C11H3F10IO3. The third-order valence-corrected chi connectivity index (χ3v) is 6.85. The summed E-state index contributed by atoms with van der Waals surface area (Å²) in [5, 5.41) is 0. The van der Waals surface area contributed by atoms with E-state index in [0.717, 1.165) is 0 Å². The van der Waals surface area contributed by atoms with Crippen molar-refractivity contribution < 1.29 is 54.8 Å². The Kier molecular flexibility index (Phi) is 4.68. The summed E-state index contributed by atoms with van der Waals surface area (Å²) < 4.78 is 139. The zero-order valence-electron chi connectivity index (χ0n) is 11.4. The molecule has 142 valence electrons. The van der Waals surface area contributed by atoms with Gasteiger partial charge in [0.15, 0.2) is 0 Å². The van der Waals surface area contributed by atoms with Crippen LogP contribution in [0.3, 0.4) is 0 Å². The Morgan fingerprint density at radius 3 is 1.76 bits per heavy atom. The molecular weight excluding hydrogens is 497 g/mol. The predicted molar refractivity (Wildman–Crippen MR) is 65.6 cm³/mol. The van der Waals surface area contributed by atoms with Gasteiger partial charge in [0.25, 0.3) is 0 Å². The first-order chi connectivity index (χ1) is 11.2. The summed E-state index contributed by atoms with van der Waals surface area (Å²) in [4.78, 5) is 10.9. The standard InChI is InChI=1S/C11H3F10IO3/c1-2(23)24-22-8-3(4(12)5(13)6(14)7(8)15)9(25-22,10(16,17)18)11(19,20)21/h1H3. The molecule has 0 aromatic heterocycles. The van der Waals surface area contributed by atoms with E-state index in [2.05, 4.69) is 6.13 Å². The second kappa shape index (κ2) is 5.85. The van der Waals surface area contributed by atoms with Crippen LogP contribution >= 0.6 is 20.6 Å². The molecule has 3 nitrogen and oxygen atoms in total. The molecule has 1 aromatic rings. The molecule has 0 amide bonds. The van der Waals surface area contributed by atoms with Gasteiger partial charge in [0.1, 0.15) is 0 Å². The molecule has 0 fully saturated rings. The van der Waals surface area contributed by atoms with E-state index < -0.39 is 77.0 Å². The van der Waals surface area contributed by atoms with Gasteiger partial charge < -0.3 is 0 Å². The first-order valence-corrected chi connectivity index (χ1v) is 8.59. The average Bonchev–Trinajstić information content (AvgIpc) is 2.77. The van der Waals surface area contributed by atoms with E-state index >= 15 is 0 Å². The van der Waals surface area contributed by atoms with Gasteiger partial charge in [-0.05, 0) is 0 Å². The molecule has 0 bridgehead atoms. The van der Waals surface area contributed by atoms with Crippen molar-refractivity contribution in [3.8, 4) is 0 Å². The molecule has 0 unspecified atom stereocenters. The van der Waals surface area contributed by atoms with E-state index in [4.69, 9.17) is 0 Å². The fourth-order valence-electron chi connectivity index (χ4n) is 1.93. The third kappa shape index (κ3) is 2.72. The Labute approximate surface area is 139 Å². The van der Waals surface area contributed by atoms with Crippen LogP contribution in [0.25, 0.3) is 0 Å². The molecule has 2 rings (SSSR count). The number of hydrogen-bond acceptors (Lipinski definition) is 3. The monoisotopic (exact) mass is 500 g/mol. The summed E-state index contributed by atoms with van der Waals surface area (Å²) >= 11 is -5.00. The van der Waals surface area contributed by atoms with Gasteiger partial charge in [-0.3, -0.25) is 0 Å². The quantitative estimate of drug-likeness (QED) is 0.244. The zero-order chi connectivity index (χ0) is 19.5. The van der Waals surface area contributed by atoms with Crippen LogP contribution in [-0.4, -0.2) is 18.3 Å². The summed E-state index contributed by atoms with van der Waals surface area (Å²) in [7, 11) is 0. The van der Waals surface area contributed by atoms with E-state index in [0.29, 0.717) is 6.92 Å². The zero-order valence-corrected chi connectivity index (χ0v) is 13.5. The van der Waals surface area contributed by atoms with Crippen molar-refractivity contribution in [3.05, 3.63) is 32.4 Å². The molecule has 0 saturated heterocycles. The SMILES string of the molecule is CC(=O)OI1OC(C(F)(F)F)(C(F)(F)F)c2c(F)c(F)c(F)c(F)c21. The van der Waals surface area contributed by atoms with Crippen LogP contribution in [-0.2, 0) is 16.5 Å². The Morgan fingerprint density at radius 2 is 1.36 bits per heavy atom. The predicted octanol–water partition coefficient (Wildman–Crippen LogP) is 4.66. The van der Waals surface area contributed by atoms with Crippen LogP contribution in [0.5, 0.6) is 0 Å². The maximum atomic E-state index is 13.8. The Bertz CT molecular complexity index is 727. The molecule has 1 aromatic carbocycles. The molecule has 1 heterocycles. The molecule has 14 heteroatoms. The second-order valence-electron chi connectivity index (χ2n) is 4.48. The van der Waals surface area contributed by atoms with E-state index in [-0.39, 0.29) is 0 Å². The summed E-state index contributed by atoms with van der Waals surface area (Å²) in [6.07, 6.45) is -12.9. The van der Waals surface area contributed by atoms with Gasteiger partial charge in [-0.1, -0.05) is 0 Å². The molecule has 25 heavy (non-hydrogen) atoms. The van der Waals surface area contributed by atoms with Gasteiger partial charge in [0, 0.05) is 0 Å². The van der Waals surface area contributed by atoms with Crippen molar-refractivity contribution in [2.75, 3.05) is 0 Å².